The van der Waals surface area contributed by atoms with Crippen LogP contribution >= 0.6 is 0 Å². The predicted molar refractivity (Wildman–Crippen MR) is 101 cm³/mol. The van der Waals surface area contributed by atoms with E-state index in [4.69, 9.17) is 14.2 Å². The average molecular weight is 441 g/mol. The van der Waals surface area contributed by atoms with Crippen LogP contribution in [-0.4, -0.2) is 55.9 Å². The number of aromatic amines is 1. The molecule has 0 atom stereocenters. The number of aromatic nitrogens is 4. The summed E-state index contributed by atoms with van der Waals surface area (Å²) in [4.78, 5) is 14.2. The van der Waals surface area contributed by atoms with Crippen molar-refractivity contribution in [3.05, 3.63) is 36.4 Å². The molecule has 0 aliphatic rings. The van der Waals surface area contributed by atoms with Crippen LogP contribution in [0.1, 0.15) is 0 Å². The number of halogens is 2. The second-order valence-corrected chi connectivity index (χ2v) is 7.30. The van der Waals surface area contributed by atoms with E-state index in [-0.39, 0.29) is 46.3 Å². The summed E-state index contributed by atoms with van der Waals surface area (Å²) < 4.78 is 69.1. The molecular formula is C17H17F2N5O5S. The number of methoxy groups -OCH3 is 2. The smallest absolute Gasteiger partial charge is 0.265 e. The number of H-pyrrole nitrogens is 1. The minimum atomic E-state index is -4.16. The van der Waals surface area contributed by atoms with Crippen molar-refractivity contribution in [2.24, 2.45) is 0 Å². The Bertz CT molecular complexity index is 1110. The molecular weight excluding hydrogens is 424 g/mol. The van der Waals surface area contributed by atoms with Gasteiger partial charge >= 0.3 is 0 Å². The van der Waals surface area contributed by atoms with Crippen LogP contribution in [-0.2, 0) is 10.0 Å². The lowest BCUT2D eigenvalue weighted by Gasteiger charge is -2.13. The SMILES string of the molecule is COc1nc(NS(=O)(=O)c2c[nH]c(-c3ncccc3F)c2)nc(OC)c1OCCF. The van der Waals surface area contributed by atoms with Gasteiger partial charge in [0.2, 0.25) is 11.7 Å². The third-order valence-electron chi connectivity index (χ3n) is 3.72. The van der Waals surface area contributed by atoms with E-state index >= 15 is 0 Å². The number of hydrogen-bond acceptors (Lipinski definition) is 8. The Kier molecular flexibility index (Phi) is 6.30. The molecule has 3 heterocycles. The van der Waals surface area contributed by atoms with Crippen molar-refractivity contribution in [3.8, 4) is 28.9 Å². The maximum absolute atomic E-state index is 13.9. The van der Waals surface area contributed by atoms with E-state index in [0.717, 1.165) is 0 Å². The average Bonchev–Trinajstić information content (AvgIpc) is 3.23. The molecule has 3 aromatic rings. The number of sulfonamides is 1. The van der Waals surface area contributed by atoms with Crippen LogP contribution in [0.5, 0.6) is 17.5 Å². The highest BCUT2D eigenvalue weighted by molar-refractivity contribution is 7.92. The summed E-state index contributed by atoms with van der Waals surface area (Å²) in [6.45, 7) is -1.06. The molecule has 13 heteroatoms. The van der Waals surface area contributed by atoms with E-state index in [1.165, 1.54) is 44.8 Å². The van der Waals surface area contributed by atoms with Crippen molar-refractivity contribution in [1.29, 1.82) is 0 Å². The maximum atomic E-state index is 13.9. The predicted octanol–water partition coefficient (Wildman–Crippen LogP) is 2.17. The molecule has 0 aliphatic carbocycles. The standard InChI is InChI=1S/C17H17F2N5O5S/c1-27-15-14(29-7-5-18)16(28-2)23-17(22-15)24-30(25,26)10-8-12(21-9-10)13-11(19)4-3-6-20-13/h3-4,6,8-9,21H,5,7H2,1-2H3,(H,22,23,24). The normalized spacial score (nSPS) is 11.2. The molecule has 30 heavy (non-hydrogen) atoms. The van der Waals surface area contributed by atoms with Gasteiger partial charge < -0.3 is 19.2 Å². The topological polar surface area (TPSA) is 128 Å². The molecule has 2 N–H and O–H groups in total. The van der Waals surface area contributed by atoms with Gasteiger partial charge in [0.05, 0.1) is 19.9 Å². The molecule has 160 valence electrons. The molecule has 0 fully saturated rings. The van der Waals surface area contributed by atoms with Crippen molar-refractivity contribution >= 4 is 16.0 Å². The monoisotopic (exact) mass is 441 g/mol. The van der Waals surface area contributed by atoms with Gasteiger partial charge in [0, 0.05) is 12.4 Å². The van der Waals surface area contributed by atoms with E-state index in [9.17, 15) is 17.2 Å². The van der Waals surface area contributed by atoms with E-state index in [1.807, 2.05) is 0 Å². The van der Waals surface area contributed by atoms with Crippen LogP contribution in [0.3, 0.4) is 0 Å². The summed E-state index contributed by atoms with van der Waals surface area (Å²) in [5.74, 6) is -1.37. The summed E-state index contributed by atoms with van der Waals surface area (Å²) >= 11 is 0. The van der Waals surface area contributed by atoms with Gasteiger partial charge in [-0.25, -0.2) is 21.9 Å². The number of ether oxygens (including phenoxy) is 3. The van der Waals surface area contributed by atoms with Crippen molar-refractivity contribution in [3.63, 3.8) is 0 Å². The van der Waals surface area contributed by atoms with Crippen molar-refractivity contribution < 1.29 is 31.4 Å². The van der Waals surface area contributed by atoms with Crippen LogP contribution in [0.2, 0.25) is 0 Å². The fourth-order valence-electron chi connectivity index (χ4n) is 2.43. The summed E-state index contributed by atoms with van der Waals surface area (Å²) in [6.07, 6.45) is 2.55. The van der Waals surface area contributed by atoms with Crippen LogP contribution < -0.4 is 18.9 Å². The Morgan fingerprint density at radius 3 is 2.50 bits per heavy atom. The number of nitrogens with zero attached hydrogens (tertiary/aromatic N) is 3. The van der Waals surface area contributed by atoms with Crippen molar-refractivity contribution in [2.45, 2.75) is 4.90 Å². The number of nitrogens with one attached hydrogen (secondary N) is 2. The molecule has 0 saturated heterocycles. The Labute approximate surface area is 170 Å². The van der Waals surface area contributed by atoms with Gasteiger partial charge in [0.1, 0.15) is 23.9 Å². The lowest BCUT2D eigenvalue weighted by atomic mass is 10.2. The van der Waals surface area contributed by atoms with Gasteiger partial charge in [-0.3, -0.25) is 4.98 Å². The molecule has 0 unspecified atom stereocenters. The van der Waals surface area contributed by atoms with Gasteiger partial charge in [-0.1, -0.05) is 0 Å². The lowest BCUT2D eigenvalue weighted by Crippen LogP contribution is -2.16. The molecule has 0 radical (unpaired) electrons. The minimum Gasteiger partial charge on any atom is -0.481 e. The molecule has 3 aromatic heterocycles. The summed E-state index contributed by atoms with van der Waals surface area (Å²) in [6, 6.07) is 3.83. The molecule has 3 rings (SSSR count). The number of alkyl halides is 1. The zero-order valence-corrected chi connectivity index (χ0v) is 16.7. The summed E-state index contributed by atoms with van der Waals surface area (Å²) in [7, 11) is -1.63. The third-order valence-corrected chi connectivity index (χ3v) is 5.03. The molecule has 0 saturated carbocycles. The van der Waals surface area contributed by atoms with Gasteiger partial charge in [-0.2, -0.15) is 9.97 Å². The quantitative estimate of drug-likeness (QED) is 0.517. The van der Waals surface area contributed by atoms with Crippen LogP contribution in [0.25, 0.3) is 11.4 Å². The van der Waals surface area contributed by atoms with Crippen molar-refractivity contribution in [1.82, 2.24) is 19.9 Å². The summed E-state index contributed by atoms with van der Waals surface area (Å²) in [5.41, 5.74) is 0.132. The number of rotatable bonds is 9. The zero-order chi connectivity index (χ0) is 21.7. The lowest BCUT2D eigenvalue weighted by molar-refractivity contribution is 0.240. The number of pyridine rings is 1. The van der Waals surface area contributed by atoms with Gasteiger partial charge in [0.15, 0.2) is 5.82 Å². The van der Waals surface area contributed by atoms with Gasteiger partial charge in [-0.15, -0.1) is 0 Å². The number of hydrogen-bond donors (Lipinski definition) is 2. The highest BCUT2D eigenvalue weighted by atomic mass is 32.2. The first-order chi connectivity index (χ1) is 14.4. The molecule has 0 aromatic carbocycles. The largest absolute Gasteiger partial charge is 0.481 e. The van der Waals surface area contributed by atoms with E-state index in [0.29, 0.717) is 0 Å². The fraction of sp³-hybridized carbons (Fsp3) is 0.235. The Morgan fingerprint density at radius 2 is 1.90 bits per heavy atom. The Balaban J connectivity index is 1.91. The fourth-order valence-corrected chi connectivity index (χ4v) is 3.36. The van der Waals surface area contributed by atoms with E-state index in [1.54, 1.807) is 0 Å². The highest BCUT2D eigenvalue weighted by Gasteiger charge is 2.23. The first kappa shape index (κ1) is 21.2. The van der Waals surface area contributed by atoms with Gasteiger partial charge in [-0.05, 0) is 18.2 Å². The van der Waals surface area contributed by atoms with Crippen LogP contribution in [0, 0.1) is 5.82 Å². The van der Waals surface area contributed by atoms with Gasteiger partial charge in [0.25, 0.3) is 21.8 Å². The first-order valence-corrected chi connectivity index (χ1v) is 9.88. The Morgan fingerprint density at radius 1 is 1.20 bits per heavy atom. The van der Waals surface area contributed by atoms with Crippen LogP contribution in [0.4, 0.5) is 14.7 Å². The van der Waals surface area contributed by atoms with Crippen LogP contribution in [0.15, 0.2) is 35.5 Å². The molecule has 0 bridgehead atoms. The second-order valence-electron chi connectivity index (χ2n) is 5.62. The van der Waals surface area contributed by atoms with Crippen molar-refractivity contribution in [2.75, 3.05) is 32.2 Å². The number of anilines is 1. The molecule has 0 amide bonds. The highest BCUT2D eigenvalue weighted by Crippen LogP contribution is 2.35. The minimum absolute atomic E-state index is 0.0343. The molecule has 10 nitrogen and oxygen atoms in total. The molecule has 0 aliphatic heterocycles. The second kappa shape index (κ2) is 8.90. The Hall–Kier alpha value is -3.48. The summed E-state index contributed by atoms with van der Waals surface area (Å²) in [5, 5.41) is 0. The zero-order valence-electron chi connectivity index (χ0n) is 15.8. The molecule has 0 spiro atoms. The first-order valence-electron chi connectivity index (χ1n) is 8.40. The van der Waals surface area contributed by atoms with E-state index in [2.05, 4.69) is 24.7 Å². The maximum Gasteiger partial charge on any atom is 0.265 e. The van der Waals surface area contributed by atoms with E-state index < -0.39 is 22.5 Å². The third kappa shape index (κ3) is 4.40.